The number of carbonyl (C=O) groups is 1. The molecule has 1 N–H and O–H groups in total. The van der Waals surface area contributed by atoms with Crippen molar-refractivity contribution in [1.29, 1.82) is 0 Å². The summed E-state index contributed by atoms with van der Waals surface area (Å²) in [5.41, 5.74) is 4.51. The molecule has 1 aliphatic heterocycles. The summed E-state index contributed by atoms with van der Waals surface area (Å²) >= 11 is 0. The summed E-state index contributed by atoms with van der Waals surface area (Å²) in [6, 6.07) is 18.8. The van der Waals surface area contributed by atoms with E-state index in [0.29, 0.717) is 34.6 Å². The lowest BCUT2D eigenvalue weighted by atomic mass is 9.93. The lowest BCUT2D eigenvalue weighted by Crippen LogP contribution is -2.40. The van der Waals surface area contributed by atoms with E-state index in [-0.39, 0.29) is 11.7 Å². The summed E-state index contributed by atoms with van der Waals surface area (Å²) in [6.45, 7) is 4.36. The lowest BCUT2D eigenvalue weighted by Gasteiger charge is -2.23. The van der Waals surface area contributed by atoms with Crippen LogP contribution in [-0.2, 0) is 11.3 Å². The smallest absolute Gasteiger partial charge is 0.296 e. The van der Waals surface area contributed by atoms with E-state index >= 15 is 4.39 Å². The second kappa shape index (κ2) is 10.9. The molecule has 41 heavy (non-hydrogen) atoms. The molecule has 0 unspecified atom stereocenters. The monoisotopic (exact) mass is 552 g/mol. The van der Waals surface area contributed by atoms with Crippen molar-refractivity contribution < 1.29 is 13.7 Å². The van der Waals surface area contributed by atoms with Gasteiger partial charge in [0.1, 0.15) is 17.2 Å². The SMILES string of the molecule is CCCCC1=NC2(CCCC2)C(=O)N1Cc1ccc(-c2cc(-c3cccc(C)c3F)ccc2-c2noc(=O)[nH]2)cc1. The Balaban J connectivity index is 1.34. The number of aromatic amines is 1. The highest BCUT2D eigenvalue weighted by molar-refractivity contribution is 6.08. The molecule has 0 saturated heterocycles. The van der Waals surface area contributed by atoms with Crippen molar-refractivity contribution in [3.05, 3.63) is 88.2 Å². The fraction of sp³-hybridized carbons (Fsp3) is 0.333. The third-order valence-corrected chi connectivity index (χ3v) is 8.31. The number of amidine groups is 1. The average molecular weight is 553 g/mol. The fourth-order valence-electron chi connectivity index (χ4n) is 6.04. The van der Waals surface area contributed by atoms with Crippen molar-refractivity contribution in [3.8, 4) is 33.6 Å². The molecule has 0 atom stereocenters. The highest BCUT2D eigenvalue weighted by Gasteiger charge is 2.49. The quantitative estimate of drug-likeness (QED) is 0.253. The normalized spacial score (nSPS) is 16.1. The number of benzene rings is 3. The van der Waals surface area contributed by atoms with Gasteiger partial charge in [-0.05, 0) is 66.1 Å². The first-order chi connectivity index (χ1) is 19.9. The molecule has 1 spiro atoms. The molecule has 1 saturated carbocycles. The number of carbonyl (C=O) groups excluding carboxylic acids is 1. The number of nitrogens with zero attached hydrogens (tertiary/aromatic N) is 3. The number of hydrogen-bond donors (Lipinski definition) is 1. The Bertz CT molecular complexity index is 1680. The first-order valence-electron chi connectivity index (χ1n) is 14.3. The number of rotatable bonds is 8. The standard InChI is InChI=1S/C33H33FN4O3/c1-3-4-10-28-36-33(17-5-6-18-33)31(39)38(28)20-22-11-13-23(14-12-22)27-19-24(25-9-7-8-21(2)29(25)34)15-16-26(27)30-35-32(40)41-37-30/h7-9,11-16,19H,3-6,10,17-18,20H2,1-2H3,(H,35,37,40). The van der Waals surface area contributed by atoms with Crippen LogP contribution in [0.5, 0.6) is 0 Å². The van der Waals surface area contributed by atoms with Crippen LogP contribution in [0.15, 0.2) is 75.0 Å². The number of nitrogens with one attached hydrogen (secondary N) is 1. The molecule has 0 bridgehead atoms. The van der Waals surface area contributed by atoms with Gasteiger partial charge < -0.3 is 0 Å². The molecule has 2 aliphatic rings. The Labute approximate surface area is 238 Å². The molecule has 1 aromatic heterocycles. The van der Waals surface area contributed by atoms with Crippen molar-refractivity contribution >= 4 is 11.7 Å². The van der Waals surface area contributed by atoms with Crippen LogP contribution in [0.25, 0.3) is 33.6 Å². The number of halogens is 1. The van der Waals surface area contributed by atoms with Gasteiger partial charge in [0.25, 0.3) is 5.91 Å². The van der Waals surface area contributed by atoms with E-state index < -0.39 is 11.3 Å². The first-order valence-corrected chi connectivity index (χ1v) is 14.3. The molecular formula is C33H33FN4O3. The summed E-state index contributed by atoms with van der Waals surface area (Å²) in [7, 11) is 0. The molecule has 2 heterocycles. The maximum absolute atomic E-state index is 15.0. The van der Waals surface area contributed by atoms with Crippen LogP contribution in [-0.4, -0.2) is 32.3 Å². The number of aryl methyl sites for hydroxylation is 1. The number of aromatic nitrogens is 2. The Morgan fingerprint density at radius 3 is 2.44 bits per heavy atom. The van der Waals surface area contributed by atoms with Gasteiger partial charge in [-0.2, -0.15) is 0 Å². The van der Waals surface area contributed by atoms with Gasteiger partial charge in [0.15, 0.2) is 5.82 Å². The van der Waals surface area contributed by atoms with E-state index in [1.165, 1.54) is 0 Å². The maximum Gasteiger partial charge on any atom is 0.439 e. The van der Waals surface area contributed by atoms with E-state index in [4.69, 9.17) is 9.52 Å². The predicted molar refractivity (Wildman–Crippen MR) is 157 cm³/mol. The van der Waals surface area contributed by atoms with Gasteiger partial charge in [0.05, 0.1) is 6.54 Å². The Hall–Kier alpha value is -4.33. The number of unbranched alkanes of at least 4 members (excludes halogenated alkanes) is 1. The van der Waals surface area contributed by atoms with Crippen molar-refractivity contribution in [1.82, 2.24) is 15.0 Å². The highest BCUT2D eigenvalue weighted by Crippen LogP contribution is 2.40. The van der Waals surface area contributed by atoms with Gasteiger partial charge in [0, 0.05) is 17.5 Å². The van der Waals surface area contributed by atoms with Crippen LogP contribution in [0, 0.1) is 12.7 Å². The minimum absolute atomic E-state index is 0.135. The molecule has 1 amide bonds. The lowest BCUT2D eigenvalue weighted by molar-refractivity contribution is -0.131. The van der Waals surface area contributed by atoms with Gasteiger partial charge in [-0.15, -0.1) is 0 Å². The number of aliphatic imine (C=N–C) groups is 1. The molecule has 210 valence electrons. The summed E-state index contributed by atoms with van der Waals surface area (Å²) < 4.78 is 19.8. The zero-order valence-electron chi connectivity index (χ0n) is 23.4. The zero-order valence-corrected chi connectivity index (χ0v) is 23.4. The van der Waals surface area contributed by atoms with Crippen LogP contribution >= 0.6 is 0 Å². The molecule has 7 nitrogen and oxygen atoms in total. The topological polar surface area (TPSA) is 91.6 Å². The molecule has 1 fully saturated rings. The Morgan fingerprint density at radius 2 is 1.73 bits per heavy atom. The minimum atomic E-state index is -0.647. The van der Waals surface area contributed by atoms with Crippen molar-refractivity contribution in [2.24, 2.45) is 4.99 Å². The summed E-state index contributed by atoms with van der Waals surface area (Å²) in [6.07, 6.45) is 6.62. The molecule has 6 rings (SSSR count). The van der Waals surface area contributed by atoms with E-state index in [1.54, 1.807) is 19.1 Å². The summed E-state index contributed by atoms with van der Waals surface area (Å²) in [4.78, 5) is 34.8. The van der Waals surface area contributed by atoms with Crippen LogP contribution < -0.4 is 5.76 Å². The second-order valence-corrected chi connectivity index (χ2v) is 11.1. The minimum Gasteiger partial charge on any atom is -0.296 e. The molecule has 8 heteroatoms. The molecule has 0 radical (unpaired) electrons. The van der Waals surface area contributed by atoms with E-state index in [0.717, 1.165) is 67.5 Å². The van der Waals surface area contributed by atoms with E-state index in [1.807, 2.05) is 53.4 Å². The summed E-state index contributed by atoms with van der Waals surface area (Å²) in [5.74, 6) is 0.424. The summed E-state index contributed by atoms with van der Waals surface area (Å²) in [5, 5.41) is 3.89. The zero-order chi connectivity index (χ0) is 28.6. The average Bonchev–Trinajstić information content (AvgIpc) is 3.70. The van der Waals surface area contributed by atoms with Crippen molar-refractivity contribution in [2.75, 3.05) is 0 Å². The third-order valence-electron chi connectivity index (χ3n) is 8.31. The van der Waals surface area contributed by atoms with Crippen LogP contribution in [0.4, 0.5) is 4.39 Å². The fourth-order valence-corrected chi connectivity index (χ4v) is 6.04. The van der Waals surface area contributed by atoms with E-state index in [2.05, 4.69) is 17.1 Å². The van der Waals surface area contributed by atoms with Gasteiger partial charge in [0.2, 0.25) is 0 Å². The molecule has 1 aliphatic carbocycles. The van der Waals surface area contributed by atoms with Crippen LogP contribution in [0.1, 0.15) is 63.0 Å². The number of hydrogen-bond acceptors (Lipinski definition) is 5. The Morgan fingerprint density at radius 1 is 0.976 bits per heavy atom. The van der Waals surface area contributed by atoms with Gasteiger partial charge in [-0.1, -0.05) is 79.9 Å². The Kier molecular flexibility index (Phi) is 7.15. The first kappa shape index (κ1) is 26.9. The molecule has 3 aromatic carbocycles. The largest absolute Gasteiger partial charge is 0.439 e. The maximum atomic E-state index is 15.0. The van der Waals surface area contributed by atoms with Crippen molar-refractivity contribution in [3.63, 3.8) is 0 Å². The van der Waals surface area contributed by atoms with Gasteiger partial charge in [-0.3, -0.25) is 24.2 Å². The number of H-pyrrole nitrogens is 1. The van der Waals surface area contributed by atoms with Crippen molar-refractivity contribution in [2.45, 2.75) is 70.9 Å². The third kappa shape index (κ3) is 5.03. The van der Waals surface area contributed by atoms with Crippen LogP contribution in [0.3, 0.4) is 0 Å². The predicted octanol–water partition coefficient (Wildman–Crippen LogP) is 7.06. The number of amides is 1. The van der Waals surface area contributed by atoms with Gasteiger partial charge >= 0.3 is 5.76 Å². The van der Waals surface area contributed by atoms with Crippen LogP contribution in [0.2, 0.25) is 0 Å². The highest BCUT2D eigenvalue weighted by atomic mass is 19.1. The molecular weight excluding hydrogens is 519 g/mol. The second-order valence-electron chi connectivity index (χ2n) is 11.1. The van der Waals surface area contributed by atoms with Gasteiger partial charge in [-0.25, -0.2) is 9.18 Å². The molecule has 4 aromatic rings. The van der Waals surface area contributed by atoms with E-state index in [9.17, 15) is 9.59 Å².